The predicted octanol–water partition coefficient (Wildman–Crippen LogP) is 3.60. The van der Waals surface area contributed by atoms with Crippen LogP contribution in [0.25, 0.3) is 0 Å². The van der Waals surface area contributed by atoms with Crippen LogP contribution in [0.2, 0.25) is 0 Å². The minimum Gasteiger partial charge on any atom is -0.324 e. The summed E-state index contributed by atoms with van der Waals surface area (Å²) in [5.41, 5.74) is 12.5. The standard InChI is InChI=1S/C16H22BrN3/c1-5-13-16(17)14(20(4)19-13)9-12(18)15-10(2)7-6-8-11(15)3/h6-8,12H,5,9,18H2,1-4H3. The lowest BCUT2D eigenvalue weighted by atomic mass is 9.94. The smallest absolute Gasteiger partial charge is 0.0766 e. The molecule has 20 heavy (non-hydrogen) atoms. The van der Waals surface area contributed by atoms with Crippen molar-refractivity contribution in [3.63, 3.8) is 0 Å². The van der Waals surface area contributed by atoms with Crippen LogP contribution in [0.3, 0.4) is 0 Å². The van der Waals surface area contributed by atoms with Gasteiger partial charge in [-0.05, 0) is 52.9 Å². The first-order valence-electron chi connectivity index (χ1n) is 6.97. The van der Waals surface area contributed by atoms with Crippen LogP contribution in [0.1, 0.15) is 41.0 Å². The van der Waals surface area contributed by atoms with Crippen molar-refractivity contribution in [3.05, 3.63) is 50.8 Å². The third-order valence-electron chi connectivity index (χ3n) is 3.83. The Morgan fingerprint density at radius 1 is 1.30 bits per heavy atom. The molecule has 1 unspecified atom stereocenters. The molecule has 0 radical (unpaired) electrons. The van der Waals surface area contributed by atoms with E-state index in [1.807, 2.05) is 11.7 Å². The zero-order chi connectivity index (χ0) is 14.9. The molecule has 0 saturated heterocycles. The molecule has 2 aromatic rings. The normalized spacial score (nSPS) is 12.7. The number of halogens is 1. The Kier molecular flexibility index (Phi) is 4.66. The second kappa shape index (κ2) is 6.10. The van der Waals surface area contributed by atoms with Crippen molar-refractivity contribution in [1.29, 1.82) is 0 Å². The van der Waals surface area contributed by atoms with Crippen molar-refractivity contribution >= 4 is 15.9 Å². The van der Waals surface area contributed by atoms with E-state index in [0.29, 0.717) is 0 Å². The first-order valence-corrected chi connectivity index (χ1v) is 7.76. The fraction of sp³-hybridized carbons (Fsp3) is 0.438. The number of benzene rings is 1. The SMILES string of the molecule is CCc1nn(C)c(CC(N)c2c(C)cccc2C)c1Br. The zero-order valence-electron chi connectivity index (χ0n) is 12.6. The Balaban J connectivity index is 2.33. The lowest BCUT2D eigenvalue weighted by Crippen LogP contribution is -2.18. The van der Waals surface area contributed by atoms with Crippen LogP contribution in [-0.4, -0.2) is 9.78 Å². The maximum Gasteiger partial charge on any atom is 0.0766 e. The maximum atomic E-state index is 6.46. The molecule has 0 aliphatic heterocycles. The van der Waals surface area contributed by atoms with Gasteiger partial charge < -0.3 is 5.73 Å². The topological polar surface area (TPSA) is 43.8 Å². The first kappa shape index (κ1) is 15.3. The molecule has 0 amide bonds. The molecule has 3 nitrogen and oxygen atoms in total. The molecule has 1 heterocycles. The van der Waals surface area contributed by atoms with Crippen molar-refractivity contribution < 1.29 is 0 Å². The highest BCUT2D eigenvalue weighted by Crippen LogP contribution is 2.28. The summed E-state index contributed by atoms with van der Waals surface area (Å²) in [5, 5.41) is 4.53. The van der Waals surface area contributed by atoms with E-state index in [2.05, 4.69) is 60.0 Å². The van der Waals surface area contributed by atoms with Gasteiger partial charge in [0.05, 0.1) is 15.9 Å². The van der Waals surface area contributed by atoms with E-state index >= 15 is 0 Å². The summed E-state index contributed by atoms with van der Waals surface area (Å²) >= 11 is 3.66. The molecule has 0 fully saturated rings. The third kappa shape index (κ3) is 2.81. The molecule has 0 bridgehead atoms. The van der Waals surface area contributed by atoms with Crippen LogP contribution < -0.4 is 5.73 Å². The van der Waals surface area contributed by atoms with Gasteiger partial charge in [-0.2, -0.15) is 5.10 Å². The highest BCUT2D eigenvalue weighted by atomic mass is 79.9. The van der Waals surface area contributed by atoms with Gasteiger partial charge in [0.2, 0.25) is 0 Å². The van der Waals surface area contributed by atoms with E-state index in [4.69, 9.17) is 5.73 Å². The summed E-state index contributed by atoms with van der Waals surface area (Å²) in [5.74, 6) is 0. The van der Waals surface area contributed by atoms with Crippen LogP contribution in [0.4, 0.5) is 0 Å². The van der Waals surface area contributed by atoms with Gasteiger partial charge in [0.25, 0.3) is 0 Å². The van der Waals surface area contributed by atoms with Crippen molar-refractivity contribution in [2.75, 3.05) is 0 Å². The average Bonchev–Trinajstić information content (AvgIpc) is 2.66. The Labute approximate surface area is 129 Å². The van der Waals surface area contributed by atoms with Crippen molar-refractivity contribution in [2.45, 2.75) is 39.7 Å². The number of nitrogens with zero attached hydrogens (tertiary/aromatic N) is 2. The molecule has 1 aromatic heterocycles. The molecule has 0 spiro atoms. The number of nitrogens with two attached hydrogens (primary N) is 1. The van der Waals surface area contributed by atoms with Gasteiger partial charge in [-0.25, -0.2) is 0 Å². The summed E-state index contributed by atoms with van der Waals surface area (Å²) in [4.78, 5) is 0. The largest absolute Gasteiger partial charge is 0.324 e. The van der Waals surface area contributed by atoms with Crippen molar-refractivity contribution in [1.82, 2.24) is 9.78 Å². The van der Waals surface area contributed by atoms with E-state index in [-0.39, 0.29) is 6.04 Å². The molecule has 4 heteroatoms. The highest BCUT2D eigenvalue weighted by molar-refractivity contribution is 9.10. The van der Waals surface area contributed by atoms with Gasteiger partial charge in [0.15, 0.2) is 0 Å². The number of hydrogen-bond donors (Lipinski definition) is 1. The van der Waals surface area contributed by atoms with Gasteiger partial charge in [-0.15, -0.1) is 0 Å². The van der Waals surface area contributed by atoms with E-state index in [0.717, 1.165) is 28.7 Å². The summed E-state index contributed by atoms with van der Waals surface area (Å²) < 4.78 is 3.04. The molecule has 2 rings (SSSR count). The van der Waals surface area contributed by atoms with E-state index in [1.165, 1.54) is 16.7 Å². The number of hydrogen-bond acceptors (Lipinski definition) is 2. The Morgan fingerprint density at radius 3 is 2.40 bits per heavy atom. The lowest BCUT2D eigenvalue weighted by molar-refractivity contribution is 0.633. The van der Waals surface area contributed by atoms with Crippen LogP contribution in [0.15, 0.2) is 22.7 Å². The van der Waals surface area contributed by atoms with Crippen LogP contribution in [-0.2, 0) is 19.9 Å². The van der Waals surface area contributed by atoms with Crippen LogP contribution in [0, 0.1) is 13.8 Å². The number of aryl methyl sites for hydroxylation is 4. The van der Waals surface area contributed by atoms with Crippen molar-refractivity contribution in [2.24, 2.45) is 12.8 Å². The fourth-order valence-electron chi connectivity index (χ4n) is 2.76. The summed E-state index contributed by atoms with van der Waals surface area (Å²) in [6, 6.07) is 6.32. The minimum atomic E-state index is -0.00685. The van der Waals surface area contributed by atoms with Gasteiger partial charge in [0.1, 0.15) is 0 Å². The fourth-order valence-corrected chi connectivity index (χ4v) is 3.54. The molecule has 0 aliphatic rings. The van der Waals surface area contributed by atoms with Crippen LogP contribution in [0.5, 0.6) is 0 Å². The third-order valence-corrected chi connectivity index (χ3v) is 4.74. The Bertz CT molecular complexity index is 596. The molecular formula is C16H22BrN3. The lowest BCUT2D eigenvalue weighted by Gasteiger charge is -2.18. The molecular weight excluding hydrogens is 314 g/mol. The van der Waals surface area contributed by atoms with Gasteiger partial charge in [0, 0.05) is 19.5 Å². The monoisotopic (exact) mass is 335 g/mol. The van der Waals surface area contributed by atoms with Crippen molar-refractivity contribution in [3.8, 4) is 0 Å². The van der Waals surface area contributed by atoms with E-state index < -0.39 is 0 Å². The second-order valence-corrected chi connectivity index (χ2v) is 6.09. The average molecular weight is 336 g/mol. The summed E-state index contributed by atoms with van der Waals surface area (Å²) in [6.45, 7) is 6.36. The Morgan fingerprint density at radius 2 is 1.90 bits per heavy atom. The molecule has 0 saturated carbocycles. The molecule has 1 aromatic carbocycles. The van der Waals surface area contributed by atoms with Gasteiger partial charge in [-0.3, -0.25) is 4.68 Å². The second-order valence-electron chi connectivity index (χ2n) is 5.30. The highest BCUT2D eigenvalue weighted by Gasteiger charge is 2.18. The minimum absolute atomic E-state index is 0.00685. The van der Waals surface area contributed by atoms with E-state index in [1.54, 1.807) is 0 Å². The van der Waals surface area contributed by atoms with E-state index in [9.17, 15) is 0 Å². The first-order chi connectivity index (χ1) is 9.45. The Hall–Kier alpha value is -1.13. The van der Waals surface area contributed by atoms with Crippen LogP contribution >= 0.6 is 15.9 Å². The zero-order valence-corrected chi connectivity index (χ0v) is 14.2. The quantitative estimate of drug-likeness (QED) is 0.927. The molecule has 108 valence electrons. The summed E-state index contributed by atoms with van der Waals surface area (Å²) in [6.07, 6.45) is 1.71. The number of aromatic nitrogens is 2. The predicted molar refractivity (Wildman–Crippen MR) is 86.8 cm³/mol. The molecule has 1 atom stereocenters. The maximum absolute atomic E-state index is 6.46. The summed E-state index contributed by atoms with van der Waals surface area (Å²) in [7, 11) is 1.98. The van der Waals surface area contributed by atoms with Gasteiger partial charge in [-0.1, -0.05) is 25.1 Å². The number of rotatable bonds is 4. The molecule has 2 N–H and O–H groups in total. The van der Waals surface area contributed by atoms with Gasteiger partial charge >= 0.3 is 0 Å². The molecule has 0 aliphatic carbocycles.